The lowest BCUT2D eigenvalue weighted by Crippen LogP contribution is -2.33. The largest absolute Gasteiger partial charge is 0.477 e. The zero-order valence-electron chi connectivity index (χ0n) is 31.7. The number of rotatable bonds is 6. The van der Waals surface area contributed by atoms with Gasteiger partial charge >= 0.3 is 5.97 Å². The van der Waals surface area contributed by atoms with Crippen molar-refractivity contribution >= 4 is 34.8 Å². The fourth-order valence-electron chi connectivity index (χ4n) is 8.13. The summed E-state index contributed by atoms with van der Waals surface area (Å²) in [7, 11) is 0. The van der Waals surface area contributed by atoms with Crippen LogP contribution in [0.25, 0.3) is 11.3 Å². The Morgan fingerprint density at radius 1 is 0.895 bits per heavy atom. The number of carboxylic acids is 1. The molecule has 9 rings (SSSR count). The number of halogens is 2. The maximum atomic E-state index is 14.1. The van der Waals surface area contributed by atoms with Crippen molar-refractivity contribution in [2.45, 2.75) is 89.4 Å². The third kappa shape index (κ3) is 7.70. The molecule has 1 amide bonds. The van der Waals surface area contributed by atoms with Gasteiger partial charge < -0.3 is 26.0 Å². The van der Waals surface area contributed by atoms with E-state index in [0.29, 0.717) is 29.9 Å². The quantitative estimate of drug-likeness (QED) is 0.200. The SMILES string of the molecule is C[C@@H](N)CCc1ncc(F)cc1[C@H]1CCCN1c1ccn2ncc(C(=O)O)c2n1.C[C@@H]1CCc2ncc(F)cc2[C@H]2CCCN2c2ccn3ncc(c3n2)C(=O)N1. The fourth-order valence-corrected chi connectivity index (χ4v) is 8.13. The molecule has 4 atom stereocenters. The molecule has 2 fully saturated rings. The average Bonchev–Trinajstić information content (AvgIpc) is 4.02. The molecule has 4 N–H and O–H groups in total. The van der Waals surface area contributed by atoms with Crippen molar-refractivity contribution in [3.63, 3.8) is 0 Å². The first-order chi connectivity index (χ1) is 27.5. The lowest BCUT2D eigenvalue weighted by Gasteiger charge is -2.27. The van der Waals surface area contributed by atoms with Crippen molar-refractivity contribution in [1.82, 2.24) is 44.5 Å². The molecule has 2 bridgehead atoms. The number of pyridine rings is 2. The molecule has 17 heteroatoms. The van der Waals surface area contributed by atoms with Crippen molar-refractivity contribution in [3.8, 4) is 0 Å². The molecule has 9 heterocycles. The second-order valence-corrected chi connectivity index (χ2v) is 15.0. The standard InChI is InChI=1S/C20H23FN6O2.C20H21FN6O/c1-12(22)4-5-16-14(9-13(21)10-23-16)17-3-2-7-26(17)18-6-8-27-19(25-18)15(11-24-27)20(28)29;1-12-4-5-16-14(9-13(21)10-22-16)17-3-2-7-26(17)18-6-8-27-19(25-18)15(11-23-27)20(28)24-12/h6,8-12,17H,2-5,7,22H2,1H3,(H,28,29);6,8-12,17H,2-5,7H2,1H3,(H,24,28)/t2*12-,17-/m11/s1. The van der Waals surface area contributed by atoms with Crippen LogP contribution < -0.4 is 20.9 Å². The van der Waals surface area contributed by atoms with Gasteiger partial charge in [0.25, 0.3) is 5.91 Å². The summed E-state index contributed by atoms with van der Waals surface area (Å²) in [5.41, 5.74) is 10.7. The Morgan fingerprint density at radius 3 is 2.19 bits per heavy atom. The minimum Gasteiger partial charge on any atom is -0.477 e. The number of nitrogens with two attached hydrogens (primary N) is 1. The molecular weight excluding hydrogens is 735 g/mol. The van der Waals surface area contributed by atoms with Crippen LogP contribution in [-0.2, 0) is 12.8 Å². The van der Waals surface area contributed by atoms with Crippen LogP contribution in [0.3, 0.4) is 0 Å². The van der Waals surface area contributed by atoms with E-state index < -0.39 is 5.97 Å². The summed E-state index contributed by atoms with van der Waals surface area (Å²) >= 11 is 0. The van der Waals surface area contributed by atoms with E-state index in [0.717, 1.165) is 79.9 Å². The molecule has 15 nitrogen and oxygen atoms in total. The number of hydrogen-bond donors (Lipinski definition) is 3. The molecule has 6 aromatic rings. The summed E-state index contributed by atoms with van der Waals surface area (Å²) in [4.78, 5) is 46.5. The highest BCUT2D eigenvalue weighted by atomic mass is 19.1. The summed E-state index contributed by atoms with van der Waals surface area (Å²) in [6.07, 6.45) is 15.4. The Hall–Kier alpha value is -6.10. The second-order valence-electron chi connectivity index (χ2n) is 15.0. The molecular formula is C40H44F2N12O3. The minimum atomic E-state index is -1.07. The molecule has 0 radical (unpaired) electrons. The minimum absolute atomic E-state index is 0.0271. The summed E-state index contributed by atoms with van der Waals surface area (Å²) in [6, 6.07) is 6.79. The van der Waals surface area contributed by atoms with Crippen molar-refractivity contribution in [2.75, 3.05) is 22.9 Å². The summed E-state index contributed by atoms with van der Waals surface area (Å²) in [5, 5.41) is 20.7. The molecule has 0 spiro atoms. The van der Waals surface area contributed by atoms with Gasteiger partial charge in [-0.2, -0.15) is 10.2 Å². The number of aromatic carboxylic acids is 1. The predicted molar refractivity (Wildman–Crippen MR) is 207 cm³/mol. The number of amides is 1. The van der Waals surface area contributed by atoms with Crippen LogP contribution in [0.1, 0.15) is 108 Å². The van der Waals surface area contributed by atoms with Gasteiger partial charge in [0.2, 0.25) is 0 Å². The summed E-state index contributed by atoms with van der Waals surface area (Å²) in [5.74, 6) is -0.536. The van der Waals surface area contributed by atoms with Gasteiger partial charge in [-0.3, -0.25) is 14.8 Å². The van der Waals surface area contributed by atoms with E-state index in [9.17, 15) is 23.5 Å². The van der Waals surface area contributed by atoms with Gasteiger partial charge in [0.15, 0.2) is 11.3 Å². The molecule has 0 unspecified atom stereocenters. The Kier molecular flexibility index (Phi) is 10.5. The first-order valence-corrected chi connectivity index (χ1v) is 19.3. The highest BCUT2D eigenvalue weighted by molar-refractivity contribution is 6.00. The average molecular weight is 779 g/mol. The number of hydrogen-bond acceptors (Lipinski definition) is 11. The summed E-state index contributed by atoms with van der Waals surface area (Å²) < 4.78 is 31.1. The van der Waals surface area contributed by atoms with Crippen molar-refractivity contribution in [3.05, 3.63) is 107 Å². The van der Waals surface area contributed by atoms with Gasteiger partial charge in [0, 0.05) is 49.0 Å². The van der Waals surface area contributed by atoms with Gasteiger partial charge in [-0.1, -0.05) is 0 Å². The van der Waals surface area contributed by atoms with E-state index in [-0.39, 0.29) is 52.9 Å². The third-order valence-electron chi connectivity index (χ3n) is 11.0. The lowest BCUT2D eigenvalue weighted by atomic mass is 9.98. The molecule has 2 saturated heterocycles. The van der Waals surface area contributed by atoms with E-state index >= 15 is 0 Å². The molecule has 3 aliphatic rings. The van der Waals surface area contributed by atoms with Gasteiger partial charge in [-0.15, -0.1) is 0 Å². The van der Waals surface area contributed by atoms with E-state index in [1.165, 1.54) is 23.1 Å². The molecule has 57 heavy (non-hydrogen) atoms. The van der Waals surface area contributed by atoms with E-state index in [4.69, 9.17) is 10.7 Å². The van der Waals surface area contributed by atoms with Crippen LogP contribution >= 0.6 is 0 Å². The highest BCUT2D eigenvalue weighted by Crippen LogP contribution is 2.39. The van der Waals surface area contributed by atoms with Gasteiger partial charge in [-0.05, 0) is 101 Å². The van der Waals surface area contributed by atoms with Crippen LogP contribution in [0.5, 0.6) is 0 Å². The van der Waals surface area contributed by atoms with E-state index in [1.54, 1.807) is 35.1 Å². The van der Waals surface area contributed by atoms with E-state index in [2.05, 4.69) is 40.3 Å². The Bertz CT molecular complexity index is 2450. The number of carbonyl (C=O) groups excluding carboxylic acids is 1. The first-order valence-electron chi connectivity index (χ1n) is 19.3. The molecule has 6 aromatic heterocycles. The van der Waals surface area contributed by atoms with Crippen LogP contribution in [0.15, 0.2) is 61.4 Å². The maximum absolute atomic E-state index is 14.1. The maximum Gasteiger partial charge on any atom is 0.341 e. The van der Waals surface area contributed by atoms with Crippen LogP contribution in [0, 0.1) is 11.6 Å². The highest BCUT2D eigenvalue weighted by Gasteiger charge is 2.32. The number of aromatic nitrogens is 8. The Balaban J connectivity index is 0.000000160. The number of nitrogens with zero attached hydrogens (tertiary/aromatic N) is 10. The van der Waals surface area contributed by atoms with Crippen molar-refractivity contribution in [2.24, 2.45) is 5.73 Å². The lowest BCUT2D eigenvalue weighted by molar-refractivity contribution is 0.0698. The van der Waals surface area contributed by atoms with Crippen LogP contribution in [0.4, 0.5) is 20.4 Å². The normalized spacial score (nSPS) is 19.9. The molecule has 296 valence electrons. The zero-order chi connectivity index (χ0) is 39.8. The molecule has 0 saturated carbocycles. The van der Waals surface area contributed by atoms with Gasteiger partial charge in [0.1, 0.15) is 34.4 Å². The van der Waals surface area contributed by atoms with E-state index in [1.807, 2.05) is 26.1 Å². The molecule has 0 aromatic carbocycles. The molecule has 0 aliphatic carbocycles. The number of aryl methyl sites for hydroxylation is 2. The van der Waals surface area contributed by atoms with Crippen molar-refractivity contribution < 1.29 is 23.5 Å². The topological polar surface area (TPSA) is 185 Å². The molecule has 3 aliphatic heterocycles. The number of anilines is 2. The second kappa shape index (κ2) is 15.8. The number of fused-ring (bicyclic) bond motifs is 6. The fraction of sp³-hybridized carbons (Fsp3) is 0.400. The number of nitrogens with one attached hydrogen (secondary N) is 1. The smallest absolute Gasteiger partial charge is 0.341 e. The monoisotopic (exact) mass is 778 g/mol. The van der Waals surface area contributed by atoms with Crippen LogP contribution in [0.2, 0.25) is 0 Å². The number of carbonyl (C=O) groups is 2. The van der Waals surface area contributed by atoms with Crippen LogP contribution in [-0.4, -0.2) is 81.3 Å². The Labute approximate surface area is 327 Å². The van der Waals surface area contributed by atoms with Crippen molar-refractivity contribution in [1.29, 1.82) is 0 Å². The first kappa shape index (κ1) is 37.8. The zero-order valence-corrected chi connectivity index (χ0v) is 31.7. The van der Waals surface area contributed by atoms with Gasteiger partial charge in [0.05, 0.1) is 36.9 Å². The Morgan fingerprint density at radius 2 is 1.51 bits per heavy atom. The number of carboxylic acid groups (broad SMARTS) is 1. The predicted octanol–water partition coefficient (Wildman–Crippen LogP) is 5.25. The third-order valence-corrected chi connectivity index (χ3v) is 11.0. The summed E-state index contributed by atoms with van der Waals surface area (Å²) in [6.45, 7) is 5.48. The van der Waals surface area contributed by atoms with Gasteiger partial charge in [-0.25, -0.2) is 32.6 Å².